The van der Waals surface area contributed by atoms with Crippen LogP contribution < -0.4 is 0 Å². The fourth-order valence-electron chi connectivity index (χ4n) is 6.15. The summed E-state index contributed by atoms with van der Waals surface area (Å²) in [5, 5.41) is 16.6. The molecule has 1 aliphatic carbocycles. The van der Waals surface area contributed by atoms with Gasteiger partial charge in [0.2, 0.25) is 0 Å². The Kier molecular flexibility index (Phi) is 4.36. The van der Waals surface area contributed by atoms with Crippen LogP contribution in [0.15, 0.2) is 127 Å². The molecule has 0 amide bonds. The van der Waals surface area contributed by atoms with Gasteiger partial charge in [-0.1, -0.05) is 97.1 Å². The van der Waals surface area contributed by atoms with Gasteiger partial charge in [0.05, 0.1) is 11.6 Å². The van der Waals surface area contributed by atoms with Gasteiger partial charge in [-0.2, -0.15) is 5.26 Å². The number of nitrogens with zero attached hydrogens (tertiary/aromatic N) is 1. The predicted molar refractivity (Wildman–Crippen MR) is 159 cm³/mol. The van der Waals surface area contributed by atoms with Crippen molar-refractivity contribution < 1.29 is 0 Å². The van der Waals surface area contributed by atoms with Gasteiger partial charge in [-0.3, -0.25) is 0 Å². The molecule has 0 aliphatic heterocycles. The highest BCUT2D eigenvalue weighted by molar-refractivity contribution is 6.18. The number of rotatable bonds is 2. The summed E-state index contributed by atoms with van der Waals surface area (Å²) in [6.07, 6.45) is 0. The topological polar surface area (TPSA) is 23.8 Å². The maximum Gasteiger partial charge on any atom is 0.0991 e. The van der Waals surface area contributed by atoms with Gasteiger partial charge in [0.25, 0.3) is 0 Å². The Morgan fingerprint density at radius 3 is 1.61 bits per heavy atom. The number of hydrogen-bond acceptors (Lipinski definition) is 1. The molecule has 8 rings (SSSR count). The molecule has 0 atom stereocenters. The minimum atomic E-state index is 0.691. The van der Waals surface area contributed by atoms with Crippen LogP contribution in [0.3, 0.4) is 0 Å². The van der Waals surface area contributed by atoms with E-state index in [0.29, 0.717) is 5.56 Å². The monoisotopic (exact) mass is 479 g/mol. The third kappa shape index (κ3) is 3.05. The largest absolute Gasteiger partial charge is 0.192 e. The van der Waals surface area contributed by atoms with Crippen LogP contribution in [-0.4, -0.2) is 0 Å². The molecular weight excluding hydrogens is 458 g/mol. The molecule has 0 saturated carbocycles. The molecule has 1 nitrogen and oxygen atoms in total. The molecule has 38 heavy (non-hydrogen) atoms. The van der Waals surface area contributed by atoms with Gasteiger partial charge in [0, 0.05) is 0 Å². The quantitative estimate of drug-likeness (QED) is 0.242. The first-order chi connectivity index (χ1) is 18.8. The summed E-state index contributed by atoms with van der Waals surface area (Å²) < 4.78 is 0. The lowest BCUT2D eigenvalue weighted by molar-refractivity contribution is 1.50. The first-order valence-corrected chi connectivity index (χ1v) is 12.9. The Bertz CT molecular complexity index is 2110. The summed E-state index contributed by atoms with van der Waals surface area (Å²) in [7, 11) is 0. The summed E-state index contributed by atoms with van der Waals surface area (Å²) in [6.45, 7) is 0. The van der Waals surface area contributed by atoms with Crippen molar-refractivity contribution in [3.63, 3.8) is 0 Å². The van der Waals surface area contributed by atoms with Crippen LogP contribution >= 0.6 is 0 Å². The SMILES string of the molecule is N#Cc1ccc2cc(-c3ccc4cc(-c5ccc6c7c(cccc57)-c5ccccc5-6)ccc4c3)ccc2c1. The lowest BCUT2D eigenvalue weighted by Gasteiger charge is -2.11. The lowest BCUT2D eigenvalue weighted by atomic mass is 9.92. The van der Waals surface area contributed by atoms with Crippen LogP contribution in [0.4, 0.5) is 0 Å². The van der Waals surface area contributed by atoms with Crippen molar-refractivity contribution in [1.29, 1.82) is 5.26 Å². The first-order valence-electron chi connectivity index (χ1n) is 12.9. The van der Waals surface area contributed by atoms with E-state index in [1.165, 1.54) is 66.1 Å². The minimum absolute atomic E-state index is 0.691. The number of hydrogen-bond donors (Lipinski definition) is 0. The molecule has 0 aromatic heterocycles. The Labute approximate surface area is 220 Å². The Morgan fingerprint density at radius 1 is 0.395 bits per heavy atom. The molecule has 7 aromatic rings. The van der Waals surface area contributed by atoms with E-state index in [-0.39, 0.29) is 0 Å². The summed E-state index contributed by atoms with van der Waals surface area (Å²) in [4.78, 5) is 0. The zero-order chi connectivity index (χ0) is 25.2. The Balaban J connectivity index is 1.22. The van der Waals surface area contributed by atoms with E-state index in [1.807, 2.05) is 18.2 Å². The fourth-order valence-corrected chi connectivity index (χ4v) is 6.15. The predicted octanol–water partition coefficient (Wildman–Crippen LogP) is 10.00. The number of nitriles is 1. The summed E-state index contributed by atoms with van der Waals surface area (Å²) >= 11 is 0. The van der Waals surface area contributed by atoms with Crippen LogP contribution in [0, 0.1) is 11.3 Å². The van der Waals surface area contributed by atoms with Crippen LogP contribution in [0.1, 0.15) is 5.56 Å². The molecule has 0 heterocycles. The third-order valence-electron chi connectivity index (χ3n) is 8.00. The zero-order valence-corrected chi connectivity index (χ0v) is 20.6. The van der Waals surface area contributed by atoms with Crippen molar-refractivity contribution in [3.05, 3.63) is 133 Å². The first kappa shape index (κ1) is 20.9. The molecule has 0 saturated heterocycles. The maximum absolute atomic E-state index is 9.19. The van der Waals surface area contributed by atoms with Crippen molar-refractivity contribution in [1.82, 2.24) is 0 Å². The zero-order valence-electron chi connectivity index (χ0n) is 20.6. The average Bonchev–Trinajstić information content (AvgIpc) is 3.31. The van der Waals surface area contributed by atoms with Gasteiger partial charge in [-0.15, -0.1) is 0 Å². The lowest BCUT2D eigenvalue weighted by Crippen LogP contribution is -1.85. The second-order valence-electron chi connectivity index (χ2n) is 10.1. The number of benzene rings is 7. The fraction of sp³-hybridized carbons (Fsp3) is 0. The molecule has 0 fully saturated rings. The van der Waals surface area contributed by atoms with Gasteiger partial charge < -0.3 is 0 Å². The molecule has 1 heteroatoms. The summed E-state index contributed by atoms with van der Waals surface area (Å²) in [5.74, 6) is 0. The third-order valence-corrected chi connectivity index (χ3v) is 8.00. The Hall–Kier alpha value is -5.19. The molecule has 0 radical (unpaired) electrons. The van der Waals surface area contributed by atoms with Crippen LogP contribution in [0.2, 0.25) is 0 Å². The van der Waals surface area contributed by atoms with E-state index in [9.17, 15) is 5.26 Å². The standard InChI is InChI=1S/C37H21N/c38-22-23-8-9-25-19-26(11-10-24(25)18-23)27-12-13-29-21-30(15-14-28(29)20-27)31-16-17-36-33-5-2-1-4-32(33)35-7-3-6-34(31)37(35)36/h1-21H. The van der Waals surface area contributed by atoms with Crippen LogP contribution in [-0.2, 0) is 0 Å². The second-order valence-corrected chi connectivity index (χ2v) is 10.1. The summed E-state index contributed by atoms with van der Waals surface area (Å²) in [5.41, 5.74) is 10.9. The van der Waals surface area contributed by atoms with Crippen LogP contribution in [0.25, 0.3) is 76.8 Å². The van der Waals surface area contributed by atoms with Crippen molar-refractivity contribution in [2.45, 2.75) is 0 Å². The van der Waals surface area contributed by atoms with E-state index in [4.69, 9.17) is 0 Å². The Morgan fingerprint density at radius 2 is 0.921 bits per heavy atom. The molecule has 0 N–H and O–H groups in total. The maximum atomic E-state index is 9.19. The van der Waals surface area contributed by atoms with Gasteiger partial charge in [-0.25, -0.2) is 0 Å². The molecule has 1 aliphatic rings. The highest BCUT2D eigenvalue weighted by Gasteiger charge is 2.22. The van der Waals surface area contributed by atoms with Crippen molar-refractivity contribution in [2.24, 2.45) is 0 Å². The molecule has 0 spiro atoms. The van der Waals surface area contributed by atoms with Crippen LogP contribution in [0.5, 0.6) is 0 Å². The highest BCUT2D eigenvalue weighted by Crippen LogP contribution is 2.49. The van der Waals surface area contributed by atoms with E-state index in [0.717, 1.165) is 10.8 Å². The van der Waals surface area contributed by atoms with Gasteiger partial charge in [0.1, 0.15) is 0 Å². The van der Waals surface area contributed by atoms with E-state index in [2.05, 4.69) is 115 Å². The normalized spacial score (nSPS) is 11.7. The van der Waals surface area contributed by atoms with E-state index < -0.39 is 0 Å². The molecular formula is C37H21N. The highest BCUT2D eigenvalue weighted by atomic mass is 14.3. The van der Waals surface area contributed by atoms with Crippen molar-refractivity contribution in [2.75, 3.05) is 0 Å². The van der Waals surface area contributed by atoms with Gasteiger partial charge in [0.15, 0.2) is 0 Å². The summed E-state index contributed by atoms with van der Waals surface area (Å²) in [6, 6.07) is 48.0. The van der Waals surface area contributed by atoms with Crippen molar-refractivity contribution >= 4 is 32.3 Å². The van der Waals surface area contributed by atoms with E-state index in [1.54, 1.807) is 0 Å². The average molecular weight is 480 g/mol. The second kappa shape index (κ2) is 7.90. The molecule has 7 aromatic carbocycles. The van der Waals surface area contributed by atoms with Gasteiger partial charge >= 0.3 is 0 Å². The van der Waals surface area contributed by atoms with Gasteiger partial charge in [-0.05, 0) is 107 Å². The smallest absolute Gasteiger partial charge is 0.0991 e. The molecule has 0 unspecified atom stereocenters. The number of fused-ring (bicyclic) bond motifs is 5. The minimum Gasteiger partial charge on any atom is -0.192 e. The van der Waals surface area contributed by atoms with Crippen molar-refractivity contribution in [3.8, 4) is 50.6 Å². The van der Waals surface area contributed by atoms with E-state index >= 15 is 0 Å². The molecule has 0 bridgehead atoms. The molecule has 174 valence electrons.